The Morgan fingerprint density at radius 1 is 1.28 bits per heavy atom. The Bertz CT molecular complexity index is 710. The highest BCUT2D eigenvalue weighted by molar-refractivity contribution is 5.63. The summed E-state index contributed by atoms with van der Waals surface area (Å²) < 4.78 is 20.6. The fraction of sp³-hybridized carbons (Fsp3) is 0.0833. The van der Waals surface area contributed by atoms with Crippen LogP contribution in [0.1, 0.15) is 0 Å². The van der Waals surface area contributed by atoms with E-state index in [9.17, 15) is 4.39 Å². The molecule has 0 aliphatic heterocycles. The van der Waals surface area contributed by atoms with Gasteiger partial charge in [-0.2, -0.15) is 0 Å². The van der Waals surface area contributed by atoms with Gasteiger partial charge in [0, 0.05) is 17.8 Å². The van der Waals surface area contributed by atoms with Crippen molar-refractivity contribution in [2.45, 2.75) is 0 Å². The molecule has 0 fully saturated rings. The minimum absolute atomic E-state index is 0.365. The Morgan fingerprint density at radius 2 is 2.17 bits per heavy atom. The number of aromatic nitrogens is 4. The van der Waals surface area contributed by atoms with Crippen LogP contribution >= 0.6 is 0 Å². The summed E-state index contributed by atoms with van der Waals surface area (Å²) in [5.41, 5.74) is 1.09. The predicted molar refractivity (Wildman–Crippen MR) is 62.7 cm³/mol. The highest BCUT2D eigenvalue weighted by atomic mass is 19.1. The second kappa shape index (κ2) is 4.06. The molecule has 0 saturated carbocycles. The van der Waals surface area contributed by atoms with Crippen molar-refractivity contribution in [2.24, 2.45) is 0 Å². The van der Waals surface area contributed by atoms with Gasteiger partial charge in [0.05, 0.1) is 12.8 Å². The zero-order valence-corrected chi connectivity index (χ0v) is 9.54. The maximum Gasteiger partial charge on any atom is 0.255 e. The average molecular weight is 244 g/mol. The van der Waals surface area contributed by atoms with Gasteiger partial charge >= 0.3 is 0 Å². The van der Waals surface area contributed by atoms with Crippen LogP contribution in [0.15, 0.2) is 36.8 Å². The molecule has 0 radical (unpaired) electrons. The number of benzene rings is 1. The van der Waals surface area contributed by atoms with E-state index < -0.39 is 0 Å². The minimum atomic E-state index is -0.365. The van der Waals surface area contributed by atoms with Crippen molar-refractivity contribution < 1.29 is 9.13 Å². The Kier molecular flexibility index (Phi) is 2.40. The largest absolute Gasteiger partial charge is 0.497 e. The van der Waals surface area contributed by atoms with Crippen molar-refractivity contribution in [2.75, 3.05) is 7.11 Å². The Hall–Kier alpha value is -2.50. The Balaban J connectivity index is 2.23. The van der Waals surface area contributed by atoms with Gasteiger partial charge in [0.25, 0.3) is 5.78 Å². The van der Waals surface area contributed by atoms with Gasteiger partial charge in [0.15, 0.2) is 0 Å². The number of hydrogen-bond acceptors (Lipinski definition) is 4. The highest BCUT2D eigenvalue weighted by Crippen LogP contribution is 2.25. The summed E-state index contributed by atoms with van der Waals surface area (Å²) in [5.74, 6) is 0.545. The molecule has 1 aromatic carbocycles. The maximum atomic E-state index is 14.0. The smallest absolute Gasteiger partial charge is 0.255 e. The van der Waals surface area contributed by atoms with Crippen molar-refractivity contribution in [1.82, 2.24) is 19.6 Å². The van der Waals surface area contributed by atoms with Crippen molar-refractivity contribution in [3.63, 3.8) is 0 Å². The predicted octanol–water partition coefficient (Wildman–Crippen LogP) is 1.94. The summed E-state index contributed by atoms with van der Waals surface area (Å²) in [6.07, 6.45) is 3.07. The maximum absolute atomic E-state index is 14.0. The monoisotopic (exact) mass is 244 g/mol. The quantitative estimate of drug-likeness (QED) is 0.691. The topological polar surface area (TPSA) is 52.3 Å². The molecule has 5 nitrogen and oxygen atoms in total. The molecule has 3 aromatic rings. The van der Waals surface area contributed by atoms with E-state index in [1.54, 1.807) is 28.8 Å². The molecule has 3 rings (SSSR count). The normalized spacial score (nSPS) is 10.8. The van der Waals surface area contributed by atoms with Gasteiger partial charge in [-0.3, -0.25) is 4.40 Å². The van der Waals surface area contributed by atoms with Crippen LogP contribution in [0.4, 0.5) is 4.39 Å². The first-order chi connectivity index (χ1) is 8.79. The van der Waals surface area contributed by atoms with Crippen LogP contribution in [0.2, 0.25) is 0 Å². The zero-order valence-electron chi connectivity index (χ0n) is 9.54. The standard InChI is InChI=1S/C12H9FN4O/c1-18-8-2-3-9(10(13)6-8)11-4-5-14-12-16-15-7-17(11)12/h2-7H,1H3. The number of nitrogens with zero attached hydrogens (tertiary/aromatic N) is 4. The van der Waals surface area contributed by atoms with Gasteiger partial charge in [-0.25, -0.2) is 9.37 Å². The van der Waals surface area contributed by atoms with Crippen LogP contribution in [-0.2, 0) is 0 Å². The summed E-state index contributed by atoms with van der Waals surface area (Å²) in [6, 6.07) is 6.41. The van der Waals surface area contributed by atoms with E-state index in [0.29, 0.717) is 22.8 Å². The van der Waals surface area contributed by atoms with Crippen molar-refractivity contribution >= 4 is 5.78 Å². The van der Waals surface area contributed by atoms with Crippen molar-refractivity contribution in [3.05, 3.63) is 42.6 Å². The molecule has 6 heteroatoms. The van der Waals surface area contributed by atoms with Gasteiger partial charge < -0.3 is 4.74 Å². The lowest BCUT2D eigenvalue weighted by molar-refractivity contribution is 0.411. The zero-order chi connectivity index (χ0) is 12.5. The third-order valence-electron chi connectivity index (χ3n) is 2.66. The lowest BCUT2D eigenvalue weighted by Crippen LogP contribution is -1.95. The van der Waals surface area contributed by atoms with Gasteiger partial charge in [-0.05, 0) is 18.2 Å². The third-order valence-corrected chi connectivity index (χ3v) is 2.66. The van der Waals surface area contributed by atoms with Crippen molar-refractivity contribution in [1.29, 1.82) is 0 Å². The van der Waals surface area contributed by atoms with E-state index in [0.717, 1.165) is 0 Å². The first kappa shape index (κ1) is 10.6. The highest BCUT2D eigenvalue weighted by Gasteiger charge is 2.10. The summed E-state index contributed by atoms with van der Waals surface area (Å²) >= 11 is 0. The van der Waals surface area contributed by atoms with E-state index in [4.69, 9.17) is 4.74 Å². The van der Waals surface area contributed by atoms with E-state index in [2.05, 4.69) is 15.2 Å². The molecular weight excluding hydrogens is 235 g/mol. The summed E-state index contributed by atoms with van der Waals surface area (Å²) in [4.78, 5) is 4.03. The number of hydrogen-bond donors (Lipinski definition) is 0. The third kappa shape index (κ3) is 1.58. The van der Waals surface area contributed by atoms with Crippen LogP contribution < -0.4 is 4.74 Å². The first-order valence-corrected chi connectivity index (χ1v) is 5.28. The van der Waals surface area contributed by atoms with E-state index in [1.807, 2.05) is 0 Å². The minimum Gasteiger partial charge on any atom is -0.497 e. The van der Waals surface area contributed by atoms with Gasteiger partial charge in [-0.1, -0.05) is 0 Å². The fourth-order valence-electron chi connectivity index (χ4n) is 1.79. The molecule has 0 aliphatic carbocycles. The number of rotatable bonds is 2. The van der Waals surface area contributed by atoms with Gasteiger partial charge in [0.1, 0.15) is 17.9 Å². The second-order valence-corrected chi connectivity index (χ2v) is 3.68. The molecule has 0 amide bonds. The molecule has 0 aliphatic rings. The summed E-state index contributed by atoms with van der Waals surface area (Å²) in [5, 5.41) is 7.58. The molecule has 2 aromatic heterocycles. The molecule has 2 heterocycles. The lowest BCUT2D eigenvalue weighted by Gasteiger charge is -2.07. The fourth-order valence-corrected chi connectivity index (χ4v) is 1.79. The molecular formula is C12H9FN4O. The molecule has 0 bridgehead atoms. The molecule has 0 saturated heterocycles. The molecule has 0 N–H and O–H groups in total. The molecule has 0 unspecified atom stereocenters. The van der Waals surface area contributed by atoms with Crippen LogP contribution in [0.5, 0.6) is 5.75 Å². The summed E-state index contributed by atoms with van der Waals surface area (Å²) in [6.45, 7) is 0. The van der Waals surface area contributed by atoms with Crippen molar-refractivity contribution in [3.8, 4) is 17.0 Å². The second-order valence-electron chi connectivity index (χ2n) is 3.68. The van der Waals surface area contributed by atoms with Gasteiger partial charge in [0.2, 0.25) is 0 Å². The van der Waals surface area contributed by atoms with Crippen LogP contribution in [0.25, 0.3) is 17.0 Å². The Labute approximate surface area is 102 Å². The lowest BCUT2D eigenvalue weighted by atomic mass is 10.1. The average Bonchev–Trinajstić information content (AvgIpc) is 2.87. The number of ether oxygens (including phenoxy) is 1. The number of methoxy groups -OCH3 is 1. The summed E-state index contributed by atoms with van der Waals surface area (Å²) in [7, 11) is 1.50. The Morgan fingerprint density at radius 3 is 2.94 bits per heavy atom. The van der Waals surface area contributed by atoms with Crippen LogP contribution in [0, 0.1) is 5.82 Å². The van der Waals surface area contributed by atoms with Gasteiger partial charge in [-0.15, -0.1) is 10.2 Å². The first-order valence-electron chi connectivity index (χ1n) is 5.28. The SMILES string of the molecule is COc1ccc(-c2ccnc3nncn23)c(F)c1. The van der Waals surface area contributed by atoms with E-state index >= 15 is 0 Å². The number of halogens is 1. The number of fused-ring (bicyclic) bond motifs is 1. The van der Waals surface area contributed by atoms with E-state index in [1.165, 1.54) is 19.5 Å². The van der Waals surface area contributed by atoms with Crippen LogP contribution in [-0.4, -0.2) is 26.7 Å². The molecule has 0 atom stereocenters. The molecule has 0 spiro atoms. The van der Waals surface area contributed by atoms with Crippen LogP contribution in [0.3, 0.4) is 0 Å². The van der Waals surface area contributed by atoms with E-state index in [-0.39, 0.29) is 5.82 Å². The molecule has 18 heavy (non-hydrogen) atoms. The molecule has 90 valence electrons.